The van der Waals surface area contributed by atoms with Crippen LogP contribution in [0.2, 0.25) is 0 Å². The number of guanidine groups is 1. The zero-order valence-electron chi connectivity index (χ0n) is 18.2. The number of aliphatic imine (C=N–C) groups is 1. The van der Waals surface area contributed by atoms with Crippen LogP contribution >= 0.6 is 24.0 Å². The zero-order chi connectivity index (χ0) is 20.0. The van der Waals surface area contributed by atoms with E-state index >= 15 is 0 Å². The van der Waals surface area contributed by atoms with Crippen molar-refractivity contribution in [3.05, 3.63) is 35.9 Å². The van der Waals surface area contributed by atoms with Crippen LogP contribution < -0.4 is 10.6 Å². The zero-order valence-corrected chi connectivity index (χ0v) is 20.6. The summed E-state index contributed by atoms with van der Waals surface area (Å²) < 4.78 is 11.6. The van der Waals surface area contributed by atoms with Gasteiger partial charge in [-0.25, -0.2) is 0 Å². The minimum absolute atomic E-state index is 0. The maximum atomic E-state index is 5.88. The second-order valence-electron chi connectivity index (χ2n) is 7.73. The van der Waals surface area contributed by atoms with Gasteiger partial charge in [-0.1, -0.05) is 44.2 Å². The molecule has 2 N–H and O–H groups in total. The molecule has 166 valence electrons. The van der Waals surface area contributed by atoms with Crippen LogP contribution in [0.15, 0.2) is 35.3 Å². The number of benzene rings is 1. The normalized spacial score (nSPS) is 17.8. The molecular formula is C22H39IN4O2. The number of halogens is 1. The number of rotatable bonds is 11. The number of nitrogens with zero attached hydrogens (tertiary/aromatic N) is 2. The van der Waals surface area contributed by atoms with E-state index in [9.17, 15) is 0 Å². The molecule has 2 rings (SSSR count). The van der Waals surface area contributed by atoms with Gasteiger partial charge in [-0.15, -0.1) is 24.0 Å². The van der Waals surface area contributed by atoms with Gasteiger partial charge in [-0.2, -0.15) is 0 Å². The standard InChI is InChI=1S/C22H38N4O2.HI/c1-19(2)17-26-12-15-28-21(18-26)16-25-22(23-3)24-11-7-13-27-14-10-20-8-5-4-6-9-20;/h4-6,8-9,19,21H,7,10-18H2,1-3H3,(H2,23,24,25);1H. The summed E-state index contributed by atoms with van der Waals surface area (Å²) in [5, 5.41) is 6.73. The summed E-state index contributed by atoms with van der Waals surface area (Å²) in [6.45, 7) is 11.6. The van der Waals surface area contributed by atoms with Gasteiger partial charge in [0, 0.05) is 46.4 Å². The van der Waals surface area contributed by atoms with Crippen LogP contribution in [-0.4, -0.2) is 76.6 Å². The van der Waals surface area contributed by atoms with E-state index in [2.05, 4.69) is 58.6 Å². The summed E-state index contributed by atoms with van der Waals surface area (Å²) >= 11 is 0. The molecule has 1 heterocycles. The van der Waals surface area contributed by atoms with Crippen LogP contribution in [0.1, 0.15) is 25.8 Å². The van der Waals surface area contributed by atoms with E-state index in [0.29, 0.717) is 5.92 Å². The first-order chi connectivity index (χ1) is 13.7. The molecule has 1 fully saturated rings. The van der Waals surface area contributed by atoms with E-state index in [1.54, 1.807) is 7.05 Å². The van der Waals surface area contributed by atoms with E-state index in [-0.39, 0.29) is 30.1 Å². The molecule has 6 nitrogen and oxygen atoms in total. The second kappa shape index (κ2) is 15.9. The van der Waals surface area contributed by atoms with Gasteiger partial charge in [-0.3, -0.25) is 9.89 Å². The van der Waals surface area contributed by atoms with Crippen LogP contribution in [0.4, 0.5) is 0 Å². The lowest BCUT2D eigenvalue weighted by Gasteiger charge is -2.34. The SMILES string of the molecule is CN=C(NCCCOCCc1ccccc1)NCC1CN(CC(C)C)CCO1.I. The van der Waals surface area contributed by atoms with Crippen molar-refractivity contribution in [1.29, 1.82) is 0 Å². The molecule has 0 aromatic heterocycles. The smallest absolute Gasteiger partial charge is 0.191 e. The Morgan fingerprint density at radius 2 is 2.03 bits per heavy atom. The predicted octanol–water partition coefficient (Wildman–Crippen LogP) is 2.78. The highest BCUT2D eigenvalue weighted by Crippen LogP contribution is 2.07. The molecule has 7 heteroatoms. The summed E-state index contributed by atoms with van der Waals surface area (Å²) in [6.07, 6.45) is 2.14. The fraction of sp³-hybridized carbons (Fsp3) is 0.682. The van der Waals surface area contributed by atoms with Crippen molar-refractivity contribution in [1.82, 2.24) is 15.5 Å². The summed E-state index contributed by atoms with van der Waals surface area (Å²) in [7, 11) is 1.80. The number of hydrogen-bond donors (Lipinski definition) is 2. The Morgan fingerprint density at radius 1 is 1.24 bits per heavy atom. The highest BCUT2D eigenvalue weighted by Gasteiger charge is 2.20. The monoisotopic (exact) mass is 518 g/mol. The third-order valence-electron chi connectivity index (χ3n) is 4.70. The van der Waals surface area contributed by atoms with E-state index in [1.165, 1.54) is 5.56 Å². The van der Waals surface area contributed by atoms with Crippen molar-refractivity contribution in [3.63, 3.8) is 0 Å². The van der Waals surface area contributed by atoms with Crippen LogP contribution in [0, 0.1) is 5.92 Å². The molecule has 29 heavy (non-hydrogen) atoms. The lowest BCUT2D eigenvalue weighted by Crippen LogP contribution is -2.50. The topological polar surface area (TPSA) is 58.1 Å². The van der Waals surface area contributed by atoms with Crippen LogP contribution in [0.25, 0.3) is 0 Å². The Bertz CT molecular complexity index is 557. The highest BCUT2D eigenvalue weighted by atomic mass is 127. The van der Waals surface area contributed by atoms with Crippen molar-refractivity contribution < 1.29 is 9.47 Å². The Hall–Kier alpha value is -0.900. The van der Waals surface area contributed by atoms with Crippen molar-refractivity contribution in [2.75, 3.05) is 59.6 Å². The maximum Gasteiger partial charge on any atom is 0.191 e. The van der Waals surface area contributed by atoms with Crippen LogP contribution in [-0.2, 0) is 15.9 Å². The Labute approximate surface area is 193 Å². The second-order valence-corrected chi connectivity index (χ2v) is 7.73. The molecule has 0 amide bonds. The van der Waals surface area contributed by atoms with Gasteiger partial charge in [-0.05, 0) is 24.3 Å². The van der Waals surface area contributed by atoms with E-state index in [0.717, 1.165) is 71.3 Å². The van der Waals surface area contributed by atoms with Gasteiger partial charge in [0.15, 0.2) is 5.96 Å². The number of morpholine rings is 1. The van der Waals surface area contributed by atoms with Gasteiger partial charge in [0.1, 0.15) is 0 Å². The van der Waals surface area contributed by atoms with Gasteiger partial charge in [0.05, 0.1) is 19.3 Å². The molecular weight excluding hydrogens is 479 g/mol. The summed E-state index contributed by atoms with van der Waals surface area (Å²) in [6, 6.07) is 10.5. The quantitative estimate of drug-likeness (QED) is 0.204. The highest BCUT2D eigenvalue weighted by molar-refractivity contribution is 14.0. The first-order valence-corrected chi connectivity index (χ1v) is 10.6. The Kier molecular flexibility index (Phi) is 14.3. The number of nitrogens with one attached hydrogen (secondary N) is 2. The van der Waals surface area contributed by atoms with Crippen molar-refractivity contribution in [3.8, 4) is 0 Å². The molecule has 1 unspecified atom stereocenters. The van der Waals surface area contributed by atoms with E-state index < -0.39 is 0 Å². The minimum atomic E-state index is 0. The molecule has 0 bridgehead atoms. The summed E-state index contributed by atoms with van der Waals surface area (Å²) in [5.74, 6) is 1.52. The van der Waals surface area contributed by atoms with E-state index in [4.69, 9.17) is 9.47 Å². The lowest BCUT2D eigenvalue weighted by atomic mass is 10.2. The maximum absolute atomic E-state index is 5.88. The molecule has 0 saturated carbocycles. The average molecular weight is 518 g/mol. The molecule has 1 aliphatic heterocycles. The predicted molar refractivity (Wildman–Crippen MR) is 131 cm³/mol. The van der Waals surface area contributed by atoms with Crippen LogP contribution in [0.3, 0.4) is 0 Å². The molecule has 1 aromatic rings. The Morgan fingerprint density at radius 3 is 2.76 bits per heavy atom. The third-order valence-corrected chi connectivity index (χ3v) is 4.70. The Balaban J connectivity index is 0.00000420. The molecule has 0 radical (unpaired) electrons. The third kappa shape index (κ3) is 11.8. The van der Waals surface area contributed by atoms with Crippen molar-refractivity contribution in [2.45, 2.75) is 32.8 Å². The van der Waals surface area contributed by atoms with Gasteiger partial charge in [0.2, 0.25) is 0 Å². The largest absolute Gasteiger partial charge is 0.381 e. The summed E-state index contributed by atoms with van der Waals surface area (Å²) in [4.78, 5) is 6.79. The fourth-order valence-electron chi connectivity index (χ4n) is 3.34. The molecule has 1 aromatic carbocycles. The number of ether oxygens (including phenoxy) is 2. The molecule has 1 saturated heterocycles. The first kappa shape index (κ1) is 26.1. The van der Waals surface area contributed by atoms with Gasteiger partial charge < -0.3 is 20.1 Å². The van der Waals surface area contributed by atoms with Crippen molar-refractivity contribution >= 4 is 29.9 Å². The molecule has 0 aliphatic carbocycles. The molecule has 1 atom stereocenters. The average Bonchev–Trinajstić information content (AvgIpc) is 2.70. The van der Waals surface area contributed by atoms with Gasteiger partial charge in [0.25, 0.3) is 0 Å². The van der Waals surface area contributed by atoms with E-state index in [1.807, 2.05) is 6.07 Å². The summed E-state index contributed by atoms with van der Waals surface area (Å²) in [5.41, 5.74) is 1.32. The molecule has 0 spiro atoms. The number of hydrogen-bond acceptors (Lipinski definition) is 4. The molecule has 1 aliphatic rings. The minimum Gasteiger partial charge on any atom is -0.381 e. The van der Waals surface area contributed by atoms with Crippen molar-refractivity contribution in [2.24, 2.45) is 10.9 Å². The fourth-order valence-corrected chi connectivity index (χ4v) is 3.34. The van der Waals surface area contributed by atoms with Crippen LogP contribution in [0.5, 0.6) is 0 Å². The van der Waals surface area contributed by atoms with Gasteiger partial charge >= 0.3 is 0 Å². The lowest BCUT2D eigenvalue weighted by molar-refractivity contribution is -0.0284. The first-order valence-electron chi connectivity index (χ1n) is 10.6.